The Morgan fingerprint density at radius 3 is 2.14 bits per heavy atom. The quantitative estimate of drug-likeness (QED) is 0.634. The summed E-state index contributed by atoms with van der Waals surface area (Å²) < 4.78 is 0. The standard InChI is InChI=1S/C19H18N2/c1-21(2)19-13-12-18(16-10-6-7-11-17(16)19)20-14-15-8-4-3-5-9-15/h3-14H,1-2H3. The van der Waals surface area contributed by atoms with E-state index >= 15 is 0 Å². The first-order valence-electron chi connectivity index (χ1n) is 7.04. The molecule has 3 aromatic rings. The Bertz CT molecular complexity index is 774. The molecule has 0 aromatic heterocycles. The molecule has 0 aliphatic rings. The van der Waals surface area contributed by atoms with Gasteiger partial charge in [0.05, 0.1) is 5.69 Å². The van der Waals surface area contributed by atoms with Crippen molar-refractivity contribution >= 4 is 28.4 Å². The van der Waals surface area contributed by atoms with Crippen LogP contribution in [0.2, 0.25) is 0 Å². The number of hydrogen-bond donors (Lipinski definition) is 0. The van der Waals surface area contributed by atoms with E-state index in [1.165, 1.54) is 16.5 Å². The lowest BCUT2D eigenvalue weighted by molar-refractivity contribution is 1.14. The van der Waals surface area contributed by atoms with E-state index in [1.54, 1.807) is 0 Å². The van der Waals surface area contributed by atoms with Crippen LogP contribution in [0.1, 0.15) is 5.56 Å². The van der Waals surface area contributed by atoms with Gasteiger partial charge in [0.2, 0.25) is 0 Å². The normalized spacial score (nSPS) is 11.1. The predicted octanol–water partition coefficient (Wildman–Crippen LogP) is 4.66. The Balaban J connectivity index is 2.08. The third kappa shape index (κ3) is 2.79. The number of fused-ring (bicyclic) bond motifs is 1. The molecule has 0 bridgehead atoms. The Labute approximate surface area is 125 Å². The monoisotopic (exact) mass is 274 g/mol. The summed E-state index contributed by atoms with van der Waals surface area (Å²) in [5.41, 5.74) is 3.32. The first-order valence-corrected chi connectivity index (χ1v) is 7.04. The smallest absolute Gasteiger partial charge is 0.0709 e. The lowest BCUT2D eigenvalue weighted by Gasteiger charge is -2.16. The number of anilines is 1. The third-order valence-corrected chi connectivity index (χ3v) is 3.51. The molecule has 0 heterocycles. The van der Waals surface area contributed by atoms with E-state index in [9.17, 15) is 0 Å². The van der Waals surface area contributed by atoms with Gasteiger partial charge in [0.1, 0.15) is 0 Å². The minimum Gasteiger partial charge on any atom is -0.377 e. The van der Waals surface area contributed by atoms with Crippen LogP contribution in [0.3, 0.4) is 0 Å². The fourth-order valence-corrected chi connectivity index (χ4v) is 2.45. The van der Waals surface area contributed by atoms with Crippen molar-refractivity contribution in [1.82, 2.24) is 0 Å². The van der Waals surface area contributed by atoms with Gasteiger partial charge >= 0.3 is 0 Å². The Kier molecular flexibility index (Phi) is 3.69. The van der Waals surface area contributed by atoms with Crippen LogP contribution in [0.25, 0.3) is 10.8 Å². The average Bonchev–Trinajstić information content (AvgIpc) is 2.53. The van der Waals surface area contributed by atoms with Crippen molar-refractivity contribution in [3.63, 3.8) is 0 Å². The van der Waals surface area contributed by atoms with E-state index in [4.69, 9.17) is 0 Å². The Morgan fingerprint density at radius 1 is 0.762 bits per heavy atom. The Morgan fingerprint density at radius 2 is 1.43 bits per heavy atom. The number of aliphatic imine (C=N–C) groups is 1. The molecule has 0 aliphatic carbocycles. The summed E-state index contributed by atoms with van der Waals surface area (Å²) in [5.74, 6) is 0. The van der Waals surface area contributed by atoms with Crippen LogP contribution < -0.4 is 4.90 Å². The van der Waals surface area contributed by atoms with Crippen molar-refractivity contribution in [2.24, 2.45) is 4.99 Å². The zero-order valence-electron chi connectivity index (χ0n) is 12.3. The number of benzene rings is 3. The molecule has 21 heavy (non-hydrogen) atoms. The van der Waals surface area contributed by atoms with Crippen LogP contribution in [0.4, 0.5) is 11.4 Å². The van der Waals surface area contributed by atoms with Crippen molar-refractivity contribution in [2.75, 3.05) is 19.0 Å². The molecule has 3 rings (SSSR count). The van der Waals surface area contributed by atoms with E-state index in [-0.39, 0.29) is 0 Å². The van der Waals surface area contributed by atoms with Gasteiger partial charge in [-0.15, -0.1) is 0 Å². The molecule has 0 aliphatic heterocycles. The lowest BCUT2D eigenvalue weighted by Crippen LogP contribution is -2.08. The van der Waals surface area contributed by atoms with Crippen molar-refractivity contribution in [2.45, 2.75) is 0 Å². The van der Waals surface area contributed by atoms with E-state index in [0.29, 0.717) is 0 Å². The van der Waals surface area contributed by atoms with E-state index in [2.05, 4.69) is 72.5 Å². The van der Waals surface area contributed by atoms with Crippen LogP contribution in [-0.4, -0.2) is 20.3 Å². The first-order chi connectivity index (χ1) is 10.3. The van der Waals surface area contributed by atoms with Crippen LogP contribution in [-0.2, 0) is 0 Å². The summed E-state index contributed by atoms with van der Waals surface area (Å²) in [6.07, 6.45) is 1.91. The molecule has 0 saturated heterocycles. The van der Waals surface area contributed by atoms with Crippen molar-refractivity contribution in [3.8, 4) is 0 Å². The minimum atomic E-state index is 1.00. The molecule has 0 fully saturated rings. The highest BCUT2D eigenvalue weighted by atomic mass is 15.1. The van der Waals surface area contributed by atoms with E-state index in [0.717, 1.165) is 11.3 Å². The second kappa shape index (κ2) is 5.80. The second-order valence-corrected chi connectivity index (χ2v) is 5.21. The largest absolute Gasteiger partial charge is 0.377 e. The number of nitrogens with zero attached hydrogens (tertiary/aromatic N) is 2. The zero-order valence-corrected chi connectivity index (χ0v) is 12.3. The SMILES string of the molecule is CN(C)c1ccc(N=Cc2ccccc2)c2ccccc12. The highest BCUT2D eigenvalue weighted by Crippen LogP contribution is 2.32. The second-order valence-electron chi connectivity index (χ2n) is 5.21. The summed E-state index contributed by atoms with van der Waals surface area (Å²) >= 11 is 0. The maximum Gasteiger partial charge on any atom is 0.0709 e. The number of rotatable bonds is 3. The molecule has 0 spiro atoms. The highest BCUT2D eigenvalue weighted by molar-refractivity contribution is 6.02. The van der Waals surface area contributed by atoms with Gasteiger partial charge in [-0.05, 0) is 17.7 Å². The summed E-state index contributed by atoms with van der Waals surface area (Å²) in [7, 11) is 4.13. The van der Waals surface area contributed by atoms with Gasteiger partial charge in [0.15, 0.2) is 0 Å². The van der Waals surface area contributed by atoms with Crippen LogP contribution in [0, 0.1) is 0 Å². The molecule has 3 aromatic carbocycles. The van der Waals surface area contributed by atoms with Gasteiger partial charge in [-0.3, -0.25) is 4.99 Å². The fraction of sp³-hybridized carbons (Fsp3) is 0.105. The van der Waals surface area contributed by atoms with Gasteiger partial charge < -0.3 is 4.90 Å². The molecule has 0 N–H and O–H groups in total. The van der Waals surface area contributed by atoms with Gasteiger partial charge in [-0.2, -0.15) is 0 Å². The molecule has 0 unspecified atom stereocenters. The van der Waals surface area contributed by atoms with Gasteiger partial charge in [-0.1, -0.05) is 54.6 Å². The molecule has 0 atom stereocenters. The Hall–Kier alpha value is -2.61. The van der Waals surface area contributed by atoms with E-state index in [1.807, 2.05) is 24.4 Å². The van der Waals surface area contributed by atoms with Crippen molar-refractivity contribution in [1.29, 1.82) is 0 Å². The van der Waals surface area contributed by atoms with Crippen molar-refractivity contribution in [3.05, 3.63) is 72.3 Å². The third-order valence-electron chi connectivity index (χ3n) is 3.51. The minimum absolute atomic E-state index is 1.00. The van der Waals surface area contributed by atoms with E-state index < -0.39 is 0 Å². The zero-order chi connectivity index (χ0) is 14.7. The average molecular weight is 274 g/mol. The number of hydrogen-bond acceptors (Lipinski definition) is 2. The van der Waals surface area contributed by atoms with Gasteiger partial charge in [-0.25, -0.2) is 0 Å². The summed E-state index contributed by atoms with van der Waals surface area (Å²) in [6.45, 7) is 0. The molecule has 0 saturated carbocycles. The fourth-order valence-electron chi connectivity index (χ4n) is 2.45. The molecule has 2 nitrogen and oxygen atoms in total. The predicted molar refractivity (Wildman–Crippen MR) is 92.0 cm³/mol. The highest BCUT2D eigenvalue weighted by Gasteiger charge is 2.05. The van der Waals surface area contributed by atoms with Gasteiger partial charge in [0.25, 0.3) is 0 Å². The molecule has 104 valence electrons. The lowest BCUT2D eigenvalue weighted by atomic mass is 10.1. The maximum atomic E-state index is 4.66. The molecule has 0 amide bonds. The summed E-state index contributed by atoms with van der Waals surface area (Å²) in [4.78, 5) is 6.79. The summed E-state index contributed by atoms with van der Waals surface area (Å²) in [5, 5.41) is 2.40. The topological polar surface area (TPSA) is 15.6 Å². The molecule has 0 radical (unpaired) electrons. The van der Waals surface area contributed by atoms with Crippen LogP contribution in [0.5, 0.6) is 0 Å². The molecule has 2 heteroatoms. The first kappa shape index (κ1) is 13.4. The maximum absolute atomic E-state index is 4.66. The van der Waals surface area contributed by atoms with Crippen molar-refractivity contribution < 1.29 is 0 Å². The van der Waals surface area contributed by atoms with Gasteiger partial charge in [0, 0.05) is 36.8 Å². The summed E-state index contributed by atoms with van der Waals surface area (Å²) in [6, 6.07) is 22.8. The van der Waals surface area contributed by atoms with Crippen LogP contribution >= 0.6 is 0 Å². The molecular weight excluding hydrogens is 256 g/mol. The van der Waals surface area contributed by atoms with Crippen LogP contribution in [0.15, 0.2) is 71.7 Å². The molecular formula is C19H18N2.